The molecule has 1 fully saturated rings. The lowest BCUT2D eigenvalue weighted by atomic mass is 9.97. The molecule has 1 heterocycles. The summed E-state index contributed by atoms with van der Waals surface area (Å²) in [6, 6.07) is 10.4. The minimum Gasteiger partial charge on any atom is -0.469 e. The van der Waals surface area contributed by atoms with Gasteiger partial charge in [0.25, 0.3) is 0 Å². The maximum absolute atomic E-state index is 11.3. The SMILES string of the molecule is COC(=O)CC1CCCC(C(I)c2ccccc2)O1. The Morgan fingerprint density at radius 3 is 2.84 bits per heavy atom. The summed E-state index contributed by atoms with van der Waals surface area (Å²) in [7, 11) is 1.42. The molecule has 1 aromatic rings. The summed E-state index contributed by atoms with van der Waals surface area (Å²) >= 11 is 2.44. The highest BCUT2D eigenvalue weighted by atomic mass is 127. The quantitative estimate of drug-likeness (QED) is 0.459. The number of alkyl halides is 1. The molecular formula is C15H19IO3. The van der Waals surface area contributed by atoms with Gasteiger partial charge in [-0.3, -0.25) is 4.79 Å². The van der Waals surface area contributed by atoms with Crippen molar-refractivity contribution in [3.05, 3.63) is 35.9 Å². The standard InChI is InChI=1S/C15H19IO3/c1-18-14(17)10-12-8-5-9-13(19-12)15(16)11-6-3-2-4-7-11/h2-4,6-7,12-13,15H,5,8-10H2,1H3. The van der Waals surface area contributed by atoms with Gasteiger partial charge in [0.05, 0.1) is 29.7 Å². The molecule has 0 aromatic heterocycles. The number of halogens is 1. The van der Waals surface area contributed by atoms with Crippen molar-refractivity contribution in [3.8, 4) is 0 Å². The van der Waals surface area contributed by atoms with Crippen LogP contribution >= 0.6 is 22.6 Å². The smallest absolute Gasteiger partial charge is 0.308 e. The van der Waals surface area contributed by atoms with Crippen LogP contribution in [0.15, 0.2) is 30.3 Å². The Labute approximate surface area is 127 Å². The Bertz CT molecular complexity index is 407. The molecule has 1 saturated heterocycles. The molecule has 104 valence electrons. The van der Waals surface area contributed by atoms with Gasteiger partial charge in [0.1, 0.15) is 0 Å². The highest BCUT2D eigenvalue weighted by molar-refractivity contribution is 14.1. The third kappa shape index (κ3) is 4.18. The molecule has 0 amide bonds. The van der Waals surface area contributed by atoms with Gasteiger partial charge >= 0.3 is 5.97 Å². The first kappa shape index (κ1) is 14.8. The first-order chi connectivity index (χ1) is 9.20. The number of benzene rings is 1. The van der Waals surface area contributed by atoms with Crippen LogP contribution in [0.3, 0.4) is 0 Å². The van der Waals surface area contributed by atoms with Gasteiger partial charge < -0.3 is 9.47 Å². The van der Waals surface area contributed by atoms with E-state index < -0.39 is 0 Å². The van der Waals surface area contributed by atoms with Gasteiger partial charge in [-0.25, -0.2) is 0 Å². The van der Waals surface area contributed by atoms with Crippen LogP contribution in [-0.4, -0.2) is 25.3 Å². The normalized spacial score (nSPS) is 24.7. The summed E-state index contributed by atoms with van der Waals surface area (Å²) in [5, 5.41) is 0. The minimum absolute atomic E-state index is 0.00665. The molecule has 0 N–H and O–H groups in total. The third-order valence-electron chi connectivity index (χ3n) is 3.45. The van der Waals surface area contributed by atoms with Crippen LogP contribution in [0.4, 0.5) is 0 Å². The van der Waals surface area contributed by atoms with Crippen molar-refractivity contribution in [2.24, 2.45) is 0 Å². The number of hydrogen-bond acceptors (Lipinski definition) is 3. The number of methoxy groups -OCH3 is 1. The first-order valence-electron chi connectivity index (χ1n) is 6.62. The monoisotopic (exact) mass is 374 g/mol. The predicted molar refractivity (Wildman–Crippen MR) is 82.3 cm³/mol. The molecule has 3 atom stereocenters. The molecule has 0 bridgehead atoms. The van der Waals surface area contributed by atoms with Gasteiger partial charge in [-0.1, -0.05) is 52.9 Å². The summed E-state index contributed by atoms with van der Waals surface area (Å²) in [4.78, 5) is 11.3. The van der Waals surface area contributed by atoms with E-state index in [9.17, 15) is 4.79 Å². The van der Waals surface area contributed by atoms with Crippen LogP contribution < -0.4 is 0 Å². The van der Waals surface area contributed by atoms with E-state index in [2.05, 4.69) is 46.9 Å². The summed E-state index contributed by atoms with van der Waals surface area (Å²) in [5.74, 6) is -0.185. The number of esters is 1. The van der Waals surface area contributed by atoms with E-state index in [4.69, 9.17) is 9.47 Å². The Morgan fingerprint density at radius 1 is 1.42 bits per heavy atom. The second kappa shape index (κ2) is 7.24. The summed E-state index contributed by atoms with van der Waals surface area (Å²) < 4.78 is 11.1. The van der Waals surface area contributed by atoms with E-state index in [0.29, 0.717) is 10.3 Å². The average Bonchev–Trinajstić information content (AvgIpc) is 2.47. The highest BCUT2D eigenvalue weighted by Gasteiger charge is 2.29. The van der Waals surface area contributed by atoms with Crippen molar-refractivity contribution in [2.75, 3.05) is 7.11 Å². The van der Waals surface area contributed by atoms with Crippen molar-refractivity contribution in [3.63, 3.8) is 0 Å². The van der Waals surface area contributed by atoms with Crippen molar-refractivity contribution >= 4 is 28.6 Å². The molecule has 19 heavy (non-hydrogen) atoms. The number of hydrogen-bond donors (Lipinski definition) is 0. The number of rotatable bonds is 4. The first-order valence-corrected chi connectivity index (χ1v) is 7.86. The van der Waals surface area contributed by atoms with E-state index in [1.165, 1.54) is 12.7 Å². The zero-order valence-electron chi connectivity index (χ0n) is 11.0. The molecule has 4 heteroatoms. The van der Waals surface area contributed by atoms with Crippen molar-refractivity contribution in [2.45, 2.75) is 41.8 Å². The van der Waals surface area contributed by atoms with E-state index >= 15 is 0 Å². The van der Waals surface area contributed by atoms with Gasteiger partial charge in [-0.15, -0.1) is 0 Å². The minimum atomic E-state index is -0.185. The average molecular weight is 374 g/mol. The van der Waals surface area contributed by atoms with Crippen LogP contribution in [0.2, 0.25) is 0 Å². The Morgan fingerprint density at radius 2 is 2.16 bits per heavy atom. The molecule has 0 spiro atoms. The lowest BCUT2D eigenvalue weighted by molar-refractivity contribution is -0.146. The van der Waals surface area contributed by atoms with E-state index in [1.54, 1.807) is 0 Å². The lowest BCUT2D eigenvalue weighted by Gasteiger charge is -2.32. The summed E-state index contributed by atoms with van der Waals surface area (Å²) in [6.45, 7) is 0. The molecule has 2 rings (SSSR count). The Kier molecular flexibility index (Phi) is 5.63. The molecule has 0 saturated carbocycles. The molecule has 0 aliphatic carbocycles. The molecule has 1 aliphatic heterocycles. The molecule has 3 unspecified atom stereocenters. The molecule has 1 aliphatic rings. The Balaban J connectivity index is 1.95. The van der Waals surface area contributed by atoms with Crippen LogP contribution in [-0.2, 0) is 14.3 Å². The second-order valence-electron chi connectivity index (χ2n) is 4.82. The van der Waals surface area contributed by atoms with Gasteiger partial charge in [0.15, 0.2) is 0 Å². The van der Waals surface area contributed by atoms with Crippen LogP contribution in [0.1, 0.15) is 35.2 Å². The zero-order valence-corrected chi connectivity index (χ0v) is 13.2. The van der Waals surface area contributed by atoms with Gasteiger partial charge in [-0.2, -0.15) is 0 Å². The van der Waals surface area contributed by atoms with E-state index in [1.807, 2.05) is 6.07 Å². The molecule has 0 radical (unpaired) electrons. The number of carbonyl (C=O) groups is 1. The van der Waals surface area contributed by atoms with Crippen molar-refractivity contribution in [1.82, 2.24) is 0 Å². The predicted octanol–water partition coefficient (Wildman–Crippen LogP) is 3.66. The maximum atomic E-state index is 11.3. The fourth-order valence-electron chi connectivity index (χ4n) is 2.42. The number of ether oxygens (including phenoxy) is 2. The summed E-state index contributed by atoms with van der Waals surface area (Å²) in [5.41, 5.74) is 1.28. The van der Waals surface area contributed by atoms with Crippen molar-refractivity contribution < 1.29 is 14.3 Å². The third-order valence-corrected chi connectivity index (χ3v) is 4.97. The zero-order chi connectivity index (χ0) is 13.7. The van der Waals surface area contributed by atoms with E-state index in [0.717, 1.165) is 19.3 Å². The number of carbonyl (C=O) groups excluding carboxylic acids is 1. The second-order valence-corrected chi connectivity index (χ2v) is 6.16. The largest absolute Gasteiger partial charge is 0.469 e. The molecule has 1 aromatic carbocycles. The fraction of sp³-hybridized carbons (Fsp3) is 0.533. The molecule has 3 nitrogen and oxygen atoms in total. The van der Waals surface area contributed by atoms with Crippen LogP contribution in [0.25, 0.3) is 0 Å². The highest BCUT2D eigenvalue weighted by Crippen LogP contribution is 2.36. The van der Waals surface area contributed by atoms with Crippen LogP contribution in [0.5, 0.6) is 0 Å². The Hall–Kier alpha value is -0.620. The maximum Gasteiger partial charge on any atom is 0.308 e. The van der Waals surface area contributed by atoms with Crippen LogP contribution in [0, 0.1) is 0 Å². The van der Waals surface area contributed by atoms with Crippen molar-refractivity contribution in [1.29, 1.82) is 0 Å². The lowest BCUT2D eigenvalue weighted by Crippen LogP contribution is -2.32. The van der Waals surface area contributed by atoms with Gasteiger partial charge in [-0.05, 0) is 24.8 Å². The summed E-state index contributed by atoms with van der Waals surface area (Å²) in [6.07, 6.45) is 3.67. The van der Waals surface area contributed by atoms with Gasteiger partial charge in [0, 0.05) is 0 Å². The fourth-order valence-corrected chi connectivity index (χ4v) is 3.36. The van der Waals surface area contributed by atoms with Gasteiger partial charge in [0.2, 0.25) is 0 Å². The van der Waals surface area contributed by atoms with E-state index in [-0.39, 0.29) is 18.2 Å². The molecular weight excluding hydrogens is 355 g/mol. The topological polar surface area (TPSA) is 35.5 Å².